The minimum Gasteiger partial charge on any atom is -0.376 e. The van der Waals surface area contributed by atoms with Gasteiger partial charge < -0.3 is 10.8 Å². The van der Waals surface area contributed by atoms with Gasteiger partial charge in [-0.1, -0.05) is 13.8 Å². The topological polar surface area (TPSA) is 46.2 Å². The summed E-state index contributed by atoms with van der Waals surface area (Å²) in [4.78, 5) is 0. The summed E-state index contributed by atoms with van der Waals surface area (Å²) in [5.74, 6) is 0.132. The Kier molecular flexibility index (Phi) is 4.03. The molecule has 52 valence electrons. The third-order valence-corrected chi connectivity index (χ3v) is 1.17. The maximum atomic E-state index is 8.87. The van der Waals surface area contributed by atoms with Crippen molar-refractivity contribution in [3.8, 4) is 0 Å². The average Bonchev–Trinajstić information content (AvgIpc) is 1.31. The van der Waals surface area contributed by atoms with E-state index < -0.39 is 5.72 Å². The second-order valence-corrected chi connectivity index (χ2v) is 2.38. The van der Waals surface area contributed by atoms with Crippen molar-refractivity contribution >= 4 is 0 Å². The Morgan fingerprint density at radius 2 is 1.62 bits per heavy atom. The number of hydrogen-bond acceptors (Lipinski definition) is 2. The van der Waals surface area contributed by atoms with Gasteiger partial charge in [-0.3, -0.25) is 4.70 Å². The highest BCUT2D eigenvalue weighted by atomic mass is 19.0. The van der Waals surface area contributed by atoms with Crippen molar-refractivity contribution in [1.29, 1.82) is 0 Å². The lowest BCUT2D eigenvalue weighted by Crippen LogP contribution is -2.41. The Bertz CT molecular complexity index is 57.9. The van der Waals surface area contributed by atoms with Crippen LogP contribution in [0.3, 0.4) is 0 Å². The molecule has 0 rings (SSSR count). The Morgan fingerprint density at radius 3 is 1.62 bits per heavy atom. The van der Waals surface area contributed by atoms with Gasteiger partial charge in [0.15, 0.2) is 0 Å². The molecule has 3 N–H and O–H groups in total. The largest absolute Gasteiger partial charge is 0.376 e. The standard InChI is InChI=1S/C5H13NO.FH/c1-4(2)5(3,6)7;/h4,7H,6H2,1-3H3;1H. The maximum absolute atomic E-state index is 8.87. The zero-order valence-corrected chi connectivity index (χ0v) is 5.51. The number of aliphatic hydroxyl groups is 1. The van der Waals surface area contributed by atoms with Gasteiger partial charge in [0, 0.05) is 0 Å². The van der Waals surface area contributed by atoms with Crippen molar-refractivity contribution in [3.63, 3.8) is 0 Å². The summed E-state index contributed by atoms with van der Waals surface area (Å²) in [5, 5.41) is 8.87. The molecule has 0 saturated carbocycles. The molecule has 0 spiro atoms. The van der Waals surface area contributed by atoms with E-state index in [1.807, 2.05) is 13.8 Å². The van der Waals surface area contributed by atoms with Crippen molar-refractivity contribution in [2.45, 2.75) is 26.5 Å². The molecular formula is C5H14FNO. The Balaban J connectivity index is 0. The van der Waals surface area contributed by atoms with Crippen LogP contribution in [0.2, 0.25) is 0 Å². The smallest absolute Gasteiger partial charge is 0.113 e. The second-order valence-electron chi connectivity index (χ2n) is 2.38. The fourth-order valence-corrected chi connectivity index (χ4v) is 0. The van der Waals surface area contributed by atoms with Crippen molar-refractivity contribution in [2.75, 3.05) is 0 Å². The lowest BCUT2D eigenvalue weighted by molar-refractivity contribution is 0.0200. The van der Waals surface area contributed by atoms with E-state index >= 15 is 0 Å². The van der Waals surface area contributed by atoms with Gasteiger partial charge in [0.2, 0.25) is 0 Å². The van der Waals surface area contributed by atoms with Crippen LogP contribution >= 0.6 is 0 Å². The molecule has 0 aromatic carbocycles. The monoisotopic (exact) mass is 123 g/mol. The Hall–Kier alpha value is -0.150. The normalized spacial score (nSPS) is 17.2. The summed E-state index contributed by atoms with van der Waals surface area (Å²) in [7, 11) is 0. The molecule has 0 heterocycles. The molecule has 0 amide bonds. The average molecular weight is 123 g/mol. The lowest BCUT2D eigenvalue weighted by Gasteiger charge is -2.20. The molecule has 1 atom stereocenters. The van der Waals surface area contributed by atoms with Crippen molar-refractivity contribution in [2.24, 2.45) is 11.7 Å². The zero-order chi connectivity index (χ0) is 6.08. The summed E-state index contributed by atoms with van der Waals surface area (Å²) in [6.07, 6.45) is 0. The fraction of sp³-hybridized carbons (Fsp3) is 1.00. The van der Waals surface area contributed by atoms with E-state index in [1.165, 1.54) is 0 Å². The van der Waals surface area contributed by atoms with Crippen molar-refractivity contribution < 1.29 is 9.81 Å². The molecule has 0 saturated heterocycles. The van der Waals surface area contributed by atoms with Crippen LogP contribution in [0.15, 0.2) is 0 Å². The molecule has 0 aliphatic carbocycles. The zero-order valence-electron chi connectivity index (χ0n) is 5.51. The first-order valence-electron chi connectivity index (χ1n) is 2.46. The number of hydrogen-bond donors (Lipinski definition) is 2. The van der Waals surface area contributed by atoms with E-state index in [-0.39, 0.29) is 10.6 Å². The van der Waals surface area contributed by atoms with Crippen LogP contribution < -0.4 is 5.73 Å². The van der Waals surface area contributed by atoms with Gasteiger partial charge in [0.25, 0.3) is 0 Å². The molecule has 0 aromatic heterocycles. The van der Waals surface area contributed by atoms with E-state index in [4.69, 9.17) is 10.8 Å². The SMILES string of the molecule is CC(C)C(C)(N)O.F. The summed E-state index contributed by atoms with van der Waals surface area (Å²) in [6, 6.07) is 0. The van der Waals surface area contributed by atoms with Crippen LogP contribution in [-0.2, 0) is 0 Å². The summed E-state index contributed by atoms with van der Waals surface area (Å²) < 4.78 is 0. The molecule has 2 nitrogen and oxygen atoms in total. The van der Waals surface area contributed by atoms with Gasteiger partial charge in [0.1, 0.15) is 5.72 Å². The van der Waals surface area contributed by atoms with Crippen molar-refractivity contribution in [1.82, 2.24) is 0 Å². The quantitative estimate of drug-likeness (QED) is 0.498. The number of halogens is 1. The minimum absolute atomic E-state index is 0. The maximum Gasteiger partial charge on any atom is 0.113 e. The second kappa shape index (κ2) is 2.99. The number of nitrogens with two attached hydrogens (primary N) is 1. The molecule has 3 heteroatoms. The molecular weight excluding hydrogens is 109 g/mol. The van der Waals surface area contributed by atoms with Gasteiger partial charge in [-0.25, -0.2) is 0 Å². The van der Waals surface area contributed by atoms with Gasteiger partial charge in [-0.05, 0) is 12.8 Å². The lowest BCUT2D eigenvalue weighted by atomic mass is 10.0. The minimum atomic E-state index is -1.00. The molecule has 0 aromatic rings. The fourth-order valence-electron chi connectivity index (χ4n) is 0. The summed E-state index contributed by atoms with van der Waals surface area (Å²) in [5.41, 5.74) is 4.23. The first kappa shape index (κ1) is 10.8. The third-order valence-electron chi connectivity index (χ3n) is 1.17. The molecule has 0 fully saturated rings. The van der Waals surface area contributed by atoms with Gasteiger partial charge >= 0.3 is 0 Å². The van der Waals surface area contributed by atoms with Crippen LogP contribution in [0.25, 0.3) is 0 Å². The predicted molar refractivity (Wildman–Crippen MR) is 32.2 cm³/mol. The van der Waals surface area contributed by atoms with Gasteiger partial charge in [-0.15, -0.1) is 0 Å². The summed E-state index contributed by atoms with van der Waals surface area (Å²) in [6.45, 7) is 5.34. The highest BCUT2D eigenvalue weighted by molar-refractivity contribution is 4.65. The summed E-state index contributed by atoms with van der Waals surface area (Å²) >= 11 is 0. The first-order chi connectivity index (χ1) is 2.94. The molecule has 0 bridgehead atoms. The molecule has 8 heavy (non-hydrogen) atoms. The van der Waals surface area contributed by atoms with Crippen LogP contribution in [0.1, 0.15) is 20.8 Å². The highest BCUT2D eigenvalue weighted by Gasteiger charge is 2.16. The van der Waals surface area contributed by atoms with Gasteiger partial charge in [-0.2, -0.15) is 0 Å². The Labute approximate surface area is 49.1 Å². The molecule has 1 unspecified atom stereocenters. The van der Waals surface area contributed by atoms with E-state index in [9.17, 15) is 0 Å². The molecule has 0 aliphatic rings. The van der Waals surface area contributed by atoms with E-state index in [0.717, 1.165) is 0 Å². The van der Waals surface area contributed by atoms with E-state index in [0.29, 0.717) is 0 Å². The first-order valence-corrected chi connectivity index (χ1v) is 2.46. The number of rotatable bonds is 1. The van der Waals surface area contributed by atoms with Crippen molar-refractivity contribution in [3.05, 3.63) is 0 Å². The predicted octanol–water partition coefficient (Wildman–Crippen LogP) is 0.462. The van der Waals surface area contributed by atoms with Crippen LogP contribution in [0.5, 0.6) is 0 Å². The molecule has 0 radical (unpaired) electrons. The van der Waals surface area contributed by atoms with Crippen LogP contribution in [0, 0.1) is 5.92 Å². The van der Waals surface area contributed by atoms with E-state index in [1.54, 1.807) is 6.92 Å². The highest BCUT2D eigenvalue weighted by Crippen LogP contribution is 2.06. The van der Waals surface area contributed by atoms with Gasteiger partial charge in [0.05, 0.1) is 0 Å². The van der Waals surface area contributed by atoms with Crippen LogP contribution in [-0.4, -0.2) is 10.8 Å². The van der Waals surface area contributed by atoms with E-state index in [2.05, 4.69) is 0 Å². The Morgan fingerprint density at radius 1 is 1.50 bits per heavy atom. The molecule has 0 aliphatic heterocycles. The third kappa shape index (κ3) is 4.02. The van der Waals surface area contributed by atoms with Crippen LogP contribution in [0.4, 0.5) is 4.70 Å².